The van der Waals surface area contributed by atoms with Crippen LogP contribution in [0.5, 0.6) is 0 Å². The Morgan fingerprint density at radius 3 is 2.43 bits per heavy atom. The van der Waals surface area contributed by atoms with Gasteiger partial charge in [0.25, 0.3) is 0 Å². The van der Waals surface area contributed by atoms with Gasteiger partial charge in [-0.05, 0) is 18.4 Å². The van der Waals surface area contributed by atoms with E-state index in [9.17, 15) is 4.79 Å². The molecule has 0 spiro atoms. The molecule has 0 aliphatic rings. The van der Waals surface area contributed by atoms with Gasteiger partial charge < -0.3 is 4.79 Å². The van der Waals surface area contributed by atoms with Gasteiger partial charge in [0.15, 0.2) is 0 Å². The Kier molecular flexibility index (Phi) is 3.63. The minimum absolute atomic E-state index is 0.372. The third kappa shape index (κ3) is 1.92. The first-order chi connectivity index (χ1) is 6.79. The largest absolute Gasteiger partial charge is 0.302 e. The molecule has 0 N–H and O–H groups in total. The Balaban J connectivity index is 3.09. The lowest BCUT2D eigenvalue weighted by molar-refractivity contribution is -0.112. The number of carbonyl (C=O) groups is 1. The summed E-state index contributed by atoms with van der Waals surface area (Å²) in [6, 6.07) is 9.89. The molecule has 1 atom stereocenters. The Labute approximate surface area is 85.5 Å². The summed E-state index contributed by atoms with van der Waals surface area (Å²) in [4.78, 5) is 11.2. The molecular weight excluding hydrogens is 172 g/mol. The molecule has 1 aromatic rings. The summed E-state index contributed by atoms with van der Waals surface area (Å²) in [6.45, 7) is 5.74. The molecular formula is C13H16O. The van der Waals surface area contributed by atoms with Crippen molar-refractivity contribution in [3.05, 3.63) is 48.6 Å². The number of hydrogen-bond donors (Lipinski definition) is 0. The zero-order valence-corrected chi connectivity index (χ0v) is 8.57. The van der Waals surface area contributed by atoms with E-state index >= 15 is 0 Å². The molecule has 14 heavy (non-hydrogen) atoms. The first kappa shape index (κ1) is 10.7. The third-order valence-corrected chi connectivity index (χ3v) is 2.71. The molecule has 1 unspecified atom stereocenters. The summed E-state index contributed by atoms with van der Waals surface area (Å²) >= 11 is 0. The topological polar surface area (TPSA) is 17.1 Å². The van der Waals surface area contributed by atoms with Crippen LogP contribution in [0.4, 0.5) is 0 Å². The highest BCUT2D eigenvalue weighted by atomic mass is 16.1. The van der Waals surface area contributed by atoms with Crippen LogP contribution in [0.2, 0.25) is 0 Å². The maximum atomic E-state index is 11.2. The number of hydrogen-bond acceptors (Lipinski definition) is 1. The van der Waals surface area contributed by atoms with Gasteiger partial charge in [-0.3, -0.25) is 0 Å². The zero-order chi connectivity index (χ0) is 10.4. The van der Waals surface area contributed by atoms with Crippen molar-refractivity contribution in [1.82, 2.24) is 0 Å². The maximum Gasteiger partial charge on any atom is 0.130 e. The Morgan fingerprint density at radius 1 is 1.36 bits per heavy atom. The predicted octanol–water partition coefficient (Wildman–Crippen LogP) is 3.11. The van der Waals surface area contributed by atoms with E-state index < -0.39 is 0 Å². The van der Waals surface area contributed by atoms with Crippen LogP contribution in [0.15, 0.2) is 43.0 Å². The highest BCUT2D eigenvalue weighted by molar-refractivity contribution is 5.68. The molecule has 0 saturated heterocycles. The Morgan fingerprint density at radius 2 is 2.00 bits per heavy atom. The van der Waals surface area contributed by atoms with Gasteiger partial charge in [-0.25, -0.2) is 0 Å². The van der Waals surface area contributed by atoms with E-state index in [1.165, 1.54) is 0 Å². The quantitative estimate of drug-likeness (QED) is 0.512. The number of rotatable bonds is 5. The lowest BCUT2D eigenvalue weighted by Gasteiger charge is -2.25. The Hall–Kier alpha value is -1.37. The maximum absolute atomic E-state index is 11.2. The highest BCUT2D eigenvalue weighted by Gasteiger charge is 2.27. The first-order valence-corrected chi connectivity index (χ1v) is 4.92. The van der Waals surface area contributed by atoms with Crippen LogP contribution in [0.3, 0.4) is 0 Å². The standard InChI is InChI=1S/C13H16O/c1-3-10-13(4-2,11-14)12-8-6-5-7-9-12/h3,5-9,11H,1,4,10H2,2H3. The summed E-state index contributed by atoms with van der Waals surface area (Å²) in [7, 11) is 0. The molecule has 74 valence electrons. The number of aldehydes is 1. The molecule has 0 aliphatic carbocycles. The van der Waals surface area contributed by atoms with Crippen LogP contribution in [0.25, 0.3) is 0 Å². The van der Waals surface area contributed by atoms with E-state index in [1.54, 1.807) is 0 Å². The van der Waals surface area contributed by atoms with Crippen LogP contribution in [-0.2, 0) is 10.2 Å². The minimum atomic E-state index is -0.372. The molecule has 1 heteroatoms. The molecule has 1 aromatic carbocycles. The summed E-state index contributed by atoms with van der Waals surface area (Å²) in [6.07, 6.45) is 4.37. The number of benzene rings is 1. The summed E-state index contributed by atoms with van der Waals surface area (Å²) in [5, 5.41) is 0. The monoisotopic (exact) mass is 188 g/mol. The Bertz CT molecular complexity index is 302. The molecule has 0 saturated carbocycles. The molecule has 0 bridgehead atoms. The molecule has 0 fully saturated rings. The van der Waals surface area contributed by atoms with Crippen molar-refractivity contribution in [2.75, 3.05) is 0 Å². The van der Waals surface area contributed by atoms with Crippen molar-refractivity contribution >= 4 is 6.29 Å². The lowest BCUT2D eigenvalue weighted by atomic mass is 9.77. The zero-order valence-electron chi connectivity index (χ0n) is 8.57. The van der Waals surface area contributed by atoms with Crippen molar-refractivity contribution in [2.45, 2.75) is 25.2 Å². The summed E-state index contributed by atoms with van der Waals surface area (Å²) < 4.78 is 0. The highest BCUT2D eigenvalue weighted by Crippen LogP contribution is 2.29. The van der Waals surface area contributed by atoms with Crippen molar-refractivity contribution in [1.29, 1.82) is 0 Å². The van der Waals surface area contributed by atoms with Crippen molar-refractivity contribution < 1.29 is 4.79 Å². The van der Waals surface area contributed by atoms with Gasteiger partial charge in [-0.15, -0.1) is 6.58 Å². The van der Waals surface area contributed by atoms with Crippen molar-refractivity contribution in [3.63, 3.8) is 0 Å². The minimum Gasteiger partial charge on any atom is -0.302 e. The van der Waals surface area contributed by atoms with E-state index in [0.29, 0.717) is 6.42 Å². The van der Waals surface area contributed by atoms with Gasteiger partial charge in [-0.1, -0.05) is 43.3 Å². The summed E-state index contributed by atoms with van der Waals surface area (Å²) in [5.41, 5.74) is 0.709. The lowest BCUT2D eigenvalue weighted by Crippen LogP contribution is -2.26. The molecule has 0 amide bonds. The van der Waals surface area contributed by atoms with Gasteiger partial charge in [0, 0.05) is 0 Å². The SMILES string of the molecule is C=CCC(C=O)(CC)c1ccccc1. The van der Waals surface area contributed by atoms with Gasteiger partial charge in [-0.2, -0.15) is 0 Å². The van der Waals surface area contributed by atoms with Crippen LogP contribution in [-0.4, -0.2) is 6.29 Å². The van der Waals surface area contributed by atoms with E-state index in [2.05, 4.69) is 6.58 Å². The second-order valence-corrected chi connectivity index (χ2v) is 3.49. The molecule has 0 heterocycles. The fourth-order valence-electron chi connectivity index (χ4n) is 1.69. The van der Waals surface area contributed by atoms with E-state index in [0.717, 1.165) is 18.3 Å². The number of allylic oxidation sites excluding steroid dienone is 1. The van der Waals surface area contributed by atoms with Crippen LogP contribution >= 0.6 is 0 Å². The smallest absolute Gasteiger partial charge is 0.130 e. The number of carbonyl (C=O) groups excluding carboxylic acids is 1. The van der Waals surface area contributed by atoms with E-state index in [4.69, 9.17) is 0 Å². The fraction of sp³-hybridized carbons (Fsp3) is 0.308. The third-order valence-electron chi connectivity index (χ3n) is 2.71. The fourth-order valence-corrected chi connectivity index (χ4v) is 1.69. The van der Waals surface area contributed by atoms with Crippen molar-refractivity contribution in [2.24, 2.45) is 0 Å². The van der Waals surface area contributed by atoms with Gasteiger partial charge >= 0.3 is 0 Å². The molecule has 1 rings (SSSR count). The molecule has 1 nitrogen and oxygen atoms in total. The van der Waals surface area contributed by atoms with Crippen molar-refractivity contribution in [3.8, 4) is 0 Å². The summed E-state index contributed by atoms with van der Waals surface area (Å²) in [5.74, 6) is 0. The molecule has 0 radical (unpaired) electrons. The van der Waals surface area contributed by atoms with Crippen LogP contribution in [0, 0.1) is 0 Å². The second-order valence-electron chi connectivity index (χ2n) is 3.49. The average Bonchev–Trinajstić information content (AvgIpc) is 2.27. The van der Waals surface area contributed by atoms with Gasteiger partial charge in [0.2, 0.25) is 0 Å². The van der Waals surface area contributed by atoms with Gasteiger partial charge in [0.1, 0.15) is 6.29 Å². The molecule has 0 aromatic heterocycles. The average molecular weight is 188 g/mol. The van der Waals surface area contributed by atoms with Gasteiger partial charge in [0.05, 0.1) is 5.41 Å². The predicted molar refractivity (Wildman–Crippen MR) is 59.3 cm³/mol. The van der Waals surface area contributed by atoms with E-state index in [-0.39, 0.29) is 5.41 Å². The van der Waals surface area contributed by atoms with Crippen LogP contribution < -0.4 is 0 Å². The first-order valence-electron chi connectivity index (χ1n) is 4.92. The normalized spacial score (nSPS) is 14.4. The second kappa shape index (κ2) is 4.75. The molecule has 0 aliphatic heterocycles. The van der Waals surface area contributed by atoms with Crippen LogP contribution in [0.1, 0.15) is 25.3 Å². The van der Waals surface area contributed by atoms with E-state index in [1.807, 2.05) is 43.3 Å².